The minimum Gasteiger partial charge on any atom is -0.479 e. The van der Waals surface area contributed by atoms with Crippen LogP contribution in [0.15, 0.2) is 66.1 Å². The summed E-state index contributed by atoms with van der Waals surface area (Å²) in [6.07, 6.45) is 8.27. The molecule has 0 aliphatic heterocycles. The number of ether oxygens (including phenoxy) is 1. The van der Waals surface area contributed by atoms with Gasteiger partial charge in [0.15, 0.2) is 18.2 Å². The summed E-state index contributed by atoms with van der Waals surface area (Å²) in [5.41, 5.74) is 2.64. The van der Waals surface area contributed by atoms with Crippen molar-refractivity contribution in [2.45, 2.75) is 6.42 Å². The number of carbonyl (C=O) groups is 1. The summed E-state index contributed by atoms with van der Waals surface area (Å²) in [4.78, 5) is 31.4. The highest BCUT2D eigenvalue weighted by Crippen LogP contribution is 2.19. The molecular weight excluding hydrogens is 400 g/mol. The number of hydrogen-bond acceptors (Lipinski definition) is 7. The van der Waals surface area contributed by atoms with E-state index >= 15 is 0 Å². The van der Waals surface area contributed by atoms with Crippen molar-refractivity contribution in [1.29, 1.82) is 0 Å². The molecule has 0 saturated carbocycles. The van der Waals surface area contributed by atoms with Gasteiger partial charge in [-0.25, -0.2) is 19.4 Å². The Kier molecular flexibility index (Phi) is 5.52. The first-order chi connectivity index (χ1) is 15.0. The lowest BCUT2D eigenvalue weighted by Gasteiger charge is -2.07. The maximum Gasteiger partial charge on any atom is 0.341 e. The summed E-state index contributed by atoms with van der Waals surface area (Å²) in [6, 6.07) is 8.97. The van der Waals surface area contributed by atoms with Crippen molar-refractivity contribution in [2.24, 2.45) is 7.05 Å². The zero-order valence-corrected chi connectivity index (χ0v) is 16.5. The van der Waals surface area contributed by atoms with E-state index in [0.29, 0.717) is 17.9 Å². The van der Waals surface area contributed by atoms with Crippen LogP contribution in [-0.2, 0) is 18.3 Å². The molecule has 1 N–H and O–H groups in total. The molecule has 10 nitrogen and oxygen atoms in total. The van der Waals surface area contributed by atoms with Gasteiger partial charge in [-0.1, -0.05) is 18.2 Å². The van der Waals surface area contributed by atoms with Crippen LogP contribution in [0, 0.1) is 0 Å². The van der Waals surface area contributed by atoms with E-state index in [4.69, 9.17) is 9.84 Å². The van der Waals surface area contributed by atoms with Gasteiger partial charge >= 0.3 is 5.97 Å². The monoisotopic (exact) mass is 418 g/mol. The summed E-state index contributed by atoms with van der Waals surface area (Å²) in [5, 5.41) is 17.2. The Morgan fingerprint density at radius 2 is 1.97 bits per heavy atom. The van der Waals surface area contributed by atoms with Crippen LogP contribution < -0.4 is 10.2 Å². The molecule has 1 aromatic carbocycles. The average molecular weight is 418 g/mol. The van der Waals surface area contributed by atoms with E-state index in [-0.39, 0.29) is 11.2 Å². The molecule has 4 aromatic rings. The van der Waals surface area contributed by atoms with Crippen LogP contribution in [-0.4, -0.2) is 47.2 Å². The Morgan fingerprint density at radius 1 is 1.16 bits per heavy atom. The number of hydrogen-bond donors (Lipinski definition) is 1. The van der Waals surface area contributed by atoms with Gasteiger partial charge in [-0.3, -0.25) is 9.48 Å². The predicted molar refractivity (Wildman–Crippen MR) is 110 cm³/mol. The average Bonchev–Trinajstić information content (AvgIpc) is 3.21. The Balaban J connectivity index is 1.55. The number of carboxylic acid groups (broad SMARTS) is 1. The van der Waals surface area contributed by atoms with Gasteiger partial charge in [0.25, 0.3) is 0 Å². The third kappa shape index (κ3) is 4.81. The van der Waals surface area contributed by atoms with Crippen LogP contribution in [0.2, 0.25) is 0 Å². The molecule has 3 heterocycles. The molecular formula is C21H18N6O4. The van der Waals surface area contributed by atoms with E-state index in [2.05, 4.69) is 20.2 Å². The normalized spacial score (nSPS) is 10.7. The second-order valence-corrected chi connectivity index (χ2v) is 6.75. The molecule has 156 valence electrons. The molecule has 0 bridgehead atoms. The lowest BCUT2D eigenvalue weighted by atomic mass is 10.1. The van der Waals surface area contributed by atoms with Crippen LogP contribution >= 0.6 is 0 Å². The second-order valence-electron chi connectivity index (χ2n) is 6.75. The molecule has 0 saturated heterocycles. The van der Waals surface area contributed by atoms with E-state index in [1.54, 1.807) is 21.8 Å². The number of carboxylic acids is 1. The van der Waals surface area contributed by atoms with Crippen LogP contribution in [0.4, 0.5) is 0 Å². The number of benzene rings is 1. The molecule has 0 aliphatic rings. The van der Waals surface area contributed by atoms with E-state index in [9.17, 15) is 9.59 Å². The van der Waals surface area contributed by atoms with Gasteiger partial charge in [-0.15, -0.1) is 0 Å². The smallest absolute Gasteiger partial charge is 0.341 e. The molecule has 3 aromatic heterocycles. The fraction of sp³-hybridized carbons (Fsp3) is 0.143. The summed E-state index contributed by atoms with van der Waals surface area (Å²) in [6.45, 7) is -0.459. The third-order valence-electron chi connectivity index (χ3n) is 4.38. The number of aromatic nitrogens is 6. The fourth-order valence-corrected chi connectivity index (χ4v) is 2.94. The Bertz CT molecular complexity index is 1280. The summed E-state index contributed by atoms with van der Waals surface area (Å²) >= 11 is 0. The zero-order valence-electron chi connectivity index (χ0n) is 16.5. The molecule has 0 radical (unpaired) electrons. The first-order valence-electron chi connectivity index (χ1n) is 9.32. The standard InChI is InChI=1S/C21H18N6O4/c1-26-12-16(9-24-26)27-6-5-19(28)18(25-27)8-14-3-2-4-15(7-14)21-22-10-17(11-23-21)31-13-20(29)30/h2-7,9-12H,8,13H2,1H3,(H,29,30). The van der Waals surface area contributed by atoms with Crippen molar-refractivity contribution in [3.8, 4) is 22.8 Å². The van der Waals surface area contributed by atoms with Gasteiger partial charge < -0.3 is 9.84 Å². The minimum absolute atomic E-state index is 0.151. The third-order valence-corrected chi connectivity index (χ3v) is 4.38. The molecule has 10 heteroatoms. The molecule has 0 spiro atoms. The Labute approximate surface area is 176 Å². The van der Waals surface area contributed by atoms with Crippen LogP contribution in [0.3, 0.4) is 0 Å². The predicted octanol–water partition coefficient (Wildman–Crippen LogP) is 1.48. The van der Waals surface area contributed by atoms with Crippen molar-refractivity contribution >= 4 is 5.97 Å². The van der Waals surface area contributed by atoms with Gasteiger partial charge in [-0.05, 0) is 11.6 Å². The number of aryl methyl sites for hydroxylation is 1. The molecule has 0 amide bonds. The molecule has 0 atom stereocenters. The molecule has 0 unspecified atom stereocenters. The quantitative estimate of drug-likeness (QED) is 0.478. The van der Waals surface area contributed by atoms with Crippen molar-refractivity contribution in [3.63, 3.8) is 0 Å². The van der Waals surface area contributed by atoms with Gasteiger partial charge in [0.1, 0.15) is 11.4 Å². The number of nitrogens with zero attached hydrogens (tertiary/aromatic N) is 6. The van der Waals surface area contributed by atoms with Crippen LogP contribution in [0.5, 0.6) is 5.75 Å². The van der Waals surface area contributed by atoms with Gasteiger partial charge in [-0.2, -0.15) is 10.2 Å². The van der Waals surface area contributed by atoms with Gasteiger partial charge in [0.05, 0.1) is 24.8 Å². The van der Waals surface area contributed by atoms with Crippen LogP contribution in [0.1, 0.15) is 11.3 Å². The molecule has 0 aliphatic carbocycles. The highest BCUT2D eigenvalue weighted by atomic mass is 16.5. The number of rotatable bonds is 7. The maximum atomic E-state index is 12.3. The van der Waals surface area contributed by atoms with Crippen LogP contribution in [0.25, 0.3) is 17.1 Å². The summed E-state index contributed by atoms with van der Waals surface area (Å²) in [7, 11) is 1.81. The van der Waals surface area contributed by atoms with E-state index < -0.39 is 12.6 Å². The Morgan fingerprint density at radius 3 is 2.68 bits per heavy atom. The fourth-order valence-electron chi connectivity index (χ4n) is 2.94. The van der Waals surface area contributed by atoms with E-state index in [1.165, 1.54) is 18.5 Å². The van der Waals surface area contributed by atoms with E-state index in [0.717, 1.165) is 16.8 Å². The van der Waals surface area contributed by atoms with Crippen molar-refractivity contribution in [2.75, 3.05) is 6.61 Å². The SMILES string of the molecule is Cn1cc(-n2ccc(=O)c(Cc3cccc(-c4ncc(OCC(=O)O)cn4)c3)n2)cn1. The second kappa shape index (κ2) is 8.57. The van der Waals surface area contributed by atoms with Crippen molar-refractivity contribution < 1.29 is 14.6 Å². The number of aliphatic carboxylic acids is 1. The minimum atomic E-state index is -1.08. The first kappa shape index (κ1) is 20.0. The summed E-state index contributed by atoms with van der Waals surface area (Å²) < 4.78 is 8.33. The van der Waals surface area contributed by atoms with Crippen molar-refractivity contribution in [1.82, 2.24) is 29.5 Å². The highest BCUT2D eigenvalue weighted by molar-refractivity contribution is 5.68. The molecule has 0 fully saturated rings. The zero-order chi connectivity index (χ0) is 21.8. The van der Waals surface area contributed by atoms with Gasteiger partial charge in [0.2, 0.25) is 5.43 Å². The van der Waals surface area contributed by atoms with E-state index in [1.807, 2.05) is 37.5 Å². The summed E-state index contributed by atoms with van der Waals surface area (Å²) in [5.74, 6) is -0.348. The Hall–Kier alpha value is -4.34. The molecule has 4 rings (SSSR count). The lowest BCUT2D eigenvalue weighted by molar-refractivity contribution is -0.139. The largest absolute Gasteiger partial charge is 0.479 e. The highest BCUT2D eigenvalue weighted by Gasteiger charge is 2.09. The topological polar surface area (TPSA) is 125 Å². The maximum absolute atomic E-state index is 12.3. The lowest BCUT2D eigenvalue weighted by Crippen LogP contribution is -2.16. The van der Waals surface area contributed by atoms with Crippen molar-refractivity contribution in [3.05, 3.63) is 82.8 Å². The molecule has 31 heavy (non-hydrogen) atoms. The van der Waals surface area contributed by atoms with Gasteiger partial charge in [0, 0.05) is 31.3 Å². The first-order valence-corrected chi connectivity index (χ1v) is 9.32.